The second-order valence-corrected chi connectivity index (χ2v) is 6.09. The van der Waals surface area contributed by atoms with E-state index in [1.165, 1.54) is 0 Å². The fourth-order valence-electron chi connectivity index (χ4n) is 1.66. The molecule has 0 aliphatic rings. The molecule has 102 valence electrons. The number of hydrogen-bond donors (Lipinski definition) is 1. The monoisotopic (exact) mass is 271 g/mol. The lowest BCUT2D eigenvalue weighted by Gasteiger charge is -2.13. The fourth-order valence-corrected chi connectivity index (χ4v) is 2.27. The van der Waals surface area contributed by atoms with Gasteiger partial charge in [-0.2, -0.15) is 0 Å². The molecule has 18 heavy (non-hydrogen) atoms. The summed E-state index contributed by atoms with van der Waals surface area (Å²) in [5.41, 5.74) is 1.15. The minimum atomic E-state index is -3.31. The van der Waals surface area contributed by atoms with Gasteiger partial charge in [-0.15, -0.1) is 0 Å². The Labute approximate surface area is 109 Å². The smallest absolute Gasteiger partial charge is 0.209 e. The minimum Gasteiger partial charge on any atom is -0.374 e. The Balaban J connectivity index is 2.12. The van der Waals surface area contributed by atoms with Crippen LogP contribution in [0.25, 0.3) is 0 Å². The molecular weight excluding hydrogens is 250 g/mol. The number of primary sulfonamides is 1. The first kappa shape index (κ1) is 15.1. The number of benzene rings is 1. The van der Waals surface area contributed by atoms with Crippen LogP contribution in [-0.4, -0.2) is 20.8 Å². The predicted octanol–water partition coefficient (Wildman–Crippen LogP) is 2.22. The van der Waals surface area contributed by atoms with E-state index < -0.39 is 10.0 Å². The summed E-state index contributed by atoms with van der Waals surface area (Å²) in [6.45, 7) is 2.65. The number of ether oxygens (including phenoxy) is 1. The third-order valence-electron chi connectivity index (χ3n) is 2.71. The molecule has 0 aliphatic carbocycles. The topological polar surface area (TPSA) is 69.4 Å². The van der Waals surface area contributed by atoms with Gasteiger partial charge in [0.1, 0.15) is 0 Å². The van der Waals surface area contributed by atoms with Gasteiger partial charge in [0.15, 0.2) is 0 Å². The SMILES string of the molecule is CC(OCCCCCS(N)(=O)=O)c1ccccc1. The second-order valence-electron chi connectivity index (χ2n) is 4.35. The normalized spacial score (nSPS) is 13.4. The summed E-state index contributed by atoms with van der Waals surface area (Å²) in [5.74, 6) is 0.0568. The van der Waals surface area contributed by atoms with Crippen LogP contribution in [0.5, 0.6) is 0 Å². The minimum absolute atomic E-state index is 0.0568. The third kappa shape index (κ3) is 6.74. The van der Waals surface area contributed by atoms with Crippen molar-refractivity contribution in [3.05, 3.63) is 35.9 Å². The maximum Gasteiger partial charge on any atom is 0.209 e. The van der Waals surface area contributed by atoms with Crippen LogP contribution in [0.15, 0.2) is 30.3 Å². The zero-order valence-corrected chi connectivity index (χ0v) is 11.5. The summed E-state index contributed by atoms with van der Waals surface area (Å²) in [6, 6.07) is 10.0. The van der Waals surface area contributed by atoms with Gasteiger partial charge in [0.25, 0.3) is 0 Å². The molecule has 1 rings (SSSR count). The van der Waals surface area contributed by atoms with E-state index >= 15 is 0 Å². The largest absolute Gasteiger partial charge is 0.374 e. The Kier molecular flexibility index (Phi) is 6.32. The van der Waals surface area contributed by atoms with E-state index in [0.717, 1.165) is 18.4 Å². The average Bonchev–Trinajstić information content (AvgIpc) is 2.33. The summed E-state index contributed by atoms with van der Waals surface area (Å²) in [5, 5.41) is 4.92. The van der Waals surface area contributed by atoms with Crippen molar-refractivity contribution in [2.75, 3.05) is 12.4 Å². The van der Waals surface area contributed by atoms with Crippen LogP contribution in [0.3, 0.4) is 0 Å². The zero-order chi connectivity index (χ0) is 13.4. The number of nitrogens with two attached hydrogens (primary N) is 1. The Morgan fingerprint density at radius 3 is 2.44 bits per heavy atom. The highest BCUT2D eigenvalue weighted by Crippen LogP contribution is 2.16. The Morgan fingerprint density at radius 2 is 1.83 bits per heavy atom. The molecule has 0 fully saturated rings. The van der Waals surface area contributed by atoms with Gasteiger partial charge in [0.05, 0.1) is 11.9 Å². The third-order valence-corrected chi connectivity index (χ3v) is 3.57. The Morgan fingerprint density at radius 1 is 1.17 bits per heavy atom. The van der Waals surface area contributed by atoms with Crippen LogP contribution in [0, 0.1) is 0 Å². The van der Waals surface area contributed by atoms with Crippen LogP contribution >= 0.6 is 0 Å². The molecule has 0 aliphatic heterocycles. The van der Waals surface area contributed by atoms with Crippen LogP contribution in [0.1, 0.15) is 37.9 Å². The molecule has 1 unspecified atom stereocenters. The van der Waals surface area contributed by atoms with E-state index in [1.807, 2.05) is 37.3 Å². The highest BCUT2D eigenvalue weighted by molar-refractivity contribution is 7.89. The van der Waals surface area contributed by atoms with Crippen molar-refractivity contribution >= 4 is 10.0 Å². The molecule has 5 heteroatoms. The summed E-state index contributed by atoms with van der Waals surface area (Å²) in [7, 11) is -3.31. The van der Waals surface area contributed by atoms with E-state index in [4.69, 9.17) is 9.88 Å². The molecule has 4 nitrogen and oxygen atoms in total. The van der Waals surface area contributed by atoms with Crippen molar-refractivity contribution < 1.29 is 13.2 Å². The van der Waals surface area contributed by atoms with Gasteiger partial charge < -0.3 is 4.74 Å². The van der Waals surface area contributed by atoms with E-state index in [1.54, 1.807) is 0 Å². The van der Waals surface area contributed by atoms with E-state index in [9.17, 15) is 8.42 Å². The van der Waals surface area contributed by atoms with Gasteiger partial charge in [-0.25, -0.2) is 13.6 Å². The summed E-state index contributed by atoms with van der Waals surface area (Å²) < 4.78 is 27.1. The first-order valence-corrected chi connectivity index (χ1v) is 7.87. The van der Waals surface area contributed by atoms with Gasteiger partial charge in [-0.3, -0.25) is 0 Å². The summed E-state index contributed by atoms with van der Waals surface area (Å²) >= 11 is 0. The molecule has 0 bridgehead atoms. The van der Waals surface area contributed by atoms with E-state index in [-0.39, 0.29) is 11.9 Å². The Hall–Kier alpha value is -0.910. The predicted molar refractivity (Wildman–Crippen MR) is 72.6 cm³/mol. The van der Waals surface area contributed by atoms with Crippen LogP contribution in [0.4, 0.5) is 0 Å². The molecule has 1 atom stereocenters. The standard InChI is InChI=1S/C13H21NO3S/c1-12(13-8-4-2-5-9-13)17-10-6-3-7-11-18(14,15)16/h2,4-5,8-9,12H,3,6-7,10-11H2,1H3,(H2,14,15,16). The lowest BCUT2D eigenvalue weighted by atomic mass is 10.1. The molecule has 0 saturated heterocycles. The molecule has 0 spiro atoms. The fraction of sp³-hybridized carbons (Fsp3) is 0.538. The van der Waals surface area contributed by atoms with Crippen molar-refractivity contribution in [2.24, 2.45) is 5.14 Å². The molecule has 2 N–H and O–H groups in total. The second kappa shape index (κ2) is 7.51. The maximum atomic E-state index is 10.7. The lowest BCUT2D eigenvalue weighted by molar-refractivity contribution is 0.0630. The molecule has 0 amide bonds. The number of unbranched alkanes of at least 4 members (excludes halogenated alkanes) is 2. The van der Waals surface area contributed by atoms with Gasteiger partial charge in [0.2, 0.25) is 10.0 Å². The van der Waals surface area contributed by atoms with E-state index in [2.05, 4.69) is 0 Å². The number of rotatable bonds is 8. The molecule has 0 aromatic heterocycles. The first-order valence-electron chi connectivity index (χ1n) is 6.16. The molecule has 0 radical (unpaired) electrons. The molecule has 0 saturated carbocycles. The maximum absolute atomic E-state index is 10.7. The van der Waals surface area contributed by atoms with Crippen molar-refractivity contribution in [1.29, 1.82) is 0 Å². The highest BCUT2D eigenvalue weighted by atomic mass is 32.2. The first-order chi connectivity index (χ1) is 8.49. The number of sulfonamides is 1. The highest BCUT2D eigenvalue weighted by Gasteiger charge is 2.05. The van der Waals surface area contributed by atoms with Crippen molar-refractivity contribution in [2.45, 2.75) is 32.3 Å². The Bertz CT molecular complexity index is 431. The average molecular weight is 271 g/mol. The summed E-state index contributed by atoms with van der Waals surface area (Å²) in [4.78, 5) is 0. The van der Waals surface area contributed by atoms with Gasteiger partial charge in [-0.05, 0) is 25.3 Å². The van der Waals surface area contributed by atoms with Crippen molar-refractivity contribution in [3.63, 3.8) is 0 Å². The van der Waals surface area contributed by atoms with Crippen molar-refractivity contribution in [3.8, 4) is 0 Å². The van der Waals surface area contributed by atoms with Crippen LogP contribution < -0.4 is 5.14 Å². The number of hydrogen-bond acceptors (Lipinski definition) is 3. The summed E-state index contributed by atoms with van der Waals surface area (Å²) in [6.07, 6.45) is 2.34. The zero-order valence-electron chi connectivity index (χ0n) is 10.7. The molecular formula is C13H21NO3S. The molecule has 0 heterocycles. The van der Waals surface area contributed by atoms with Crippen LogP contribution in [0.2, 0.25) is 0 Å². The quantitative estimate of drug-likeness (QED) is 0.737. The molecule has 1 aromatic rings. The molecule has 1 aromatic carbocycles. The van der Waals surface area contributed by atoms with E-state index in [0.29, 0.717) is 13.0 Å². The van der Waals surface area contributed by atoms with Gasteiger partial charge in [0, 0.05) is 6.61 Å². The van der Waals surface area contributed by atoms with Gasteiger partial charge >= 0.3 is 0 Å². The van der Waals surface area contributed by atoms with Crippen LogP contribution in [-0.2, 0) is 14.8 Å². The van der Waals surface area contributed by atoms with Crippen molar-refractivity contribution in [1.82, 2.24) is 0 Å². The lowest BCUT2D eigenvalue weighted by Crippen LogP contribution is -2.16. The van der Waals surface area contributed by atoms with Gasteiger partial charge in [-0.1, -0.05) is 36.8 Å².